The van der Waals surface area contributed by atoms with E-state index in [9.17, 15) is 9.90 Å². The highest BCUT2D eigenvalue weighted by atomic mass is 16.5. The van der Waals surface area contributed by atoms with Gasteiger partial charge < -0.3 is 19.9 Å². The molecule has 0 amide bonds. The SMILES string of the molecule is COC(=O)CNCC(O)c1cc(C)ccc1OC. The molecule has 0 aliphatic heterocycles. The van der Waals surface area contributed by atoms with Gasteiger partial charge in [-0.3, -0.25) is 4.79 Å². The average Bonchev–Trinajstić information content (AvgIpc) is 2.38. The first-order chi connectivity index (χ1) is 8.58. The molecule has 0 bridgehead atoms. The molecule has 5 nitrogen and oxygen atoms in total. The van der Waals surface area contributed by atoms with Crippen LogP contribution < -0.4 is 10.1 Å². The van der Waals surface area contributed by atoms with E-state index in [4.69, 9.17) is 4.74 Å². The average molecular weight is 253 g/mol. The van der Waals surface area contributed by atoms with Gasteiger partial charge in [0, 0.05) is 12.1 Å². The van der Waals surface area contributed by atoms with Crippen molar-refractivity contribution in [2.45, 2.75) is 13.0 Å². The normalized spacial score (nSPS) is 12.0. The standard InChI is InChI=1S/C13H19NO4/c1-9-4-5-12(17-2)10(6-9)11(15)7-14-8-13(16)18-3/h4-6,11,14-15H,7-8H2,1-3H3. The van der Waals surface area contributed by atoms with Crippen molar-refractivity contribution >= 4 is 5.97 Å². The van der Waals surface area contributed by atoms with Gasteiger partial charge in [-0.2, -0.15) is 0 Å². The van der Waals surface area contributed by atoms with E-state index >= 15 is 0 Å². The third-order valence-electron chi connectivity index (χ3n) is 2.58. The Balaban J connectivity index is 2.62. The van der Waals surface area contributed by atoms with E-state index in [1.165, 1.54) is 7.11 Å². The van der Waals surface area contributed by atoms with E-state index < -0.39 is 6.10 Å². The number of esters is 1. The van der Waals surface area contributed by atoms with Gasteiger partial charge in [-0.05, 0) is 19.1 Å². The van der Waals surface area contributed by atoms with Gasteiger partial charge in [-0.15, -0.1) is 0 Å². The molecule has 0 aliphatic carbocycles. The summed E-state index contributed by atoms with van der Waals surface area (Å²) >= 11 is 0. The fourth-order valence-corrected chi connectivity index (χ4v) is 1.61. The smallest absolute Gasteiger partial charge is 0.319 e. The highest BCUT2D eigenvalue weighted by molar-refractivity contribution is 5.71. The summed E-state index contributed by atoms with van der Waals surface area (Å²) in [5, 5.41) is 12.9. The molecule has 0 radical (unpaired) electrons. The van der Waals surface area contributed by atoms with Gasteiger partial charge in [0.05, 0.1) is 26.9 Å². The van der Waals surface area contributed by atoms with Crippen molar-refractivity contribution in [3.8, 4) is 5.75 Å². The van der Waals surface area contributed by atoms with E-state index in [1.807, 2.05) is 25.1 Å². The molecule has 0 saturated heterocycles. The molecule has 1 aromatic rings. The van der Waals surface area contributed by atoms with Crippen LogP contribution in [0.3, 0.4) is 0 Å². The van der Waals surface area contributed by atoms with Crippen LogP contribution >= 0.6 is 0 Å². The summed E-state index contributed by atoms with van der Waals surface area (Å²) in [4.78, 5) is 10.9. The summed E-state index contributed by atoms with van der Waals surface area (Å²) in [6.07, 6.45) is -0.732. The summed E-state index contributed by atoms with van der Waals surface area (Å²) in [7, 11) is 2.88. The summed E-state index contributed by atoms with van der Waals surface area (Å²) in [6, 6.07) is 5.59. The molecular weight excluding hydrogens is 234 g/mol. The monoisotopic (exact) mass is 253 g/mol. The van der Waals surface area contributed by atoms with E-state index in [0.29, 0.717) is 11.3 Å². The van der Waals surface area contributed by atoms with Crippen LogP contribution in [-0.4, -0.2) is 38.4 Å². The highest BCUT2D eigenvalue weighted by Gasteiger charge is 2.13. The minimum Gasteiger partial charge on any atom is -0.496 e. The second-order valence-electron chi connectivity index (χ2n) is 3.97. The zero-order chi connectivity index (χ0) is 13.5. The summed E-state index contributed by atoms with van der Waals surface area (Å²) in [5.74, 6) is 0.270. The molecule has 0 aliphatic rings. The first-order valence-corrected chi connectivity index (χ1v) is 5.68. The Kier molecular flexibility index (Phi) is 5.61. The van der Waals surface area contributed by atoms with Gasteiger partial charge in [0.15, 0.2) is 0 Å². The van der Waals surface area contributed by atoms with E-state index in [0.717, 1.165) is 5.56 Å². The van der Waals surface area contributed by atoms with Gasteiger partial charge in [0.25, 0.3) is 0 Å². The number of benzene rings is 1. The predicted octanol–water partition coefficient (Wildman–Crippen LogP) is 0.800. The van der Waals surface area contributed by atoms with Crippen LogP contribution in [0.25, 0.3) is 0 Å². The van der Waals surface area contributed by atoms with Crippen LogP contribution in [0.15, 0.2) is 18.2 Å². The molecule has 1 aromatic carbocycles. The summed E-state index contributed by atoms with van der Waals surface area (Å²) in [6.45, 7) is 2.27. The van der Waals surface area contributed by atoms with Gasteiger partial charge in [0.2, 0.25) is 0 Å². The lowest BCUT2D eigenvalue weighted by molar-refractivity contribution is -0.139. The van der Waals surface area contributed by atoms with Gasteiger partial charge in [-0.1, -0.05) is 11.6 Å². The fraction of sp³-hybridized carbons (Fsp3) is 0.462. The molecule has 0 spiro atoms. The molecule has 18 heavy (non-hydrogen) atoms. The zero-order valence-corrected chi connectivity index (χ0v) is 10.9. The van der Waals surface area contributed by atoms with E-state index in [1.54, 1.807) is 7.11 Å². The number of aliphatic hydroxyl groups excluding tert-OH is 1. The Labute approximate surface area is 107 Å². The van der Waals surface area contributed by atoms with Crippen molar-refractivity contribution in [1.82, 2.24) is 5.32 Å². The van der Waals surface area contributed by atoms with Crippen LogP contribution in [0.5, 0.6) is 5.75 Å². The third kappa shape index (κ3) is 4.01. The molecule has 100 valence electrons. The minimum absolute atomic E-state index is 0.0711. The Bertz CT molecular complexity index is 406. The number of carbonyl (C=O) groups excluding carboxylic acids is 1. The van der Waals surface area contributed by atoms with Crippen LogP contribution in [0.1, 0.15) is 17.2 Å². The second kappa shape index (κ2) is 6.98. The maximum absolute atomic E-state index is 10.9. The molecule has 0 heterocycles. The second-order valence-corrected chi connectivity index (χ2v) is 3.97. The zero-order valence-electron chi connectivity index (χ0n) is 10.9. The highest BCUT2D eigenvalue weighted by Crippen LogP contribution is 2.25. The van der Waals surface area contributed by atoms with Gasteiger partial charge in [-0.25, -0.2) is 0 Å². The minimum atomic E-state index is -0.732. The molecule has 0 fully saturated rings. The van der Waals surface area contributed by atoms with Crippen molar-refractivity contribution in [1.29, 1.82) is 0 Å². The lowest BCUT2D eigenvalue weighted by Gasteiger charge is -2.15. The Hall–Kier alpha value is -1.59. The van der Waals surface area contributed by atoms with Crippen molar-refractivity contribution in [2.75, 3.05) is 27.3 Å². The number of nitrogens with one attached hydrogen (secondary N) is 1. The number of hydrogen-bond donors (Lipinski definition) is 2. The molecule has 2 N–H and O–H groups in total. The Morgan fingerprint density at radius 3 is 2.78 bits per heavy atom. The molecule has 5 heteroatoms. The molecule has 1 atom stereocenters. The van der Waals surface area contributed by atoms with E-state index in [2.05, 4.69) is 10.1 Å². The largest absolute Gasteiger partial charge is 0.496 e. The van der Waals surface area contributed by atoms with Crippen molar-refractivity contribution in [2.24, 2.45) is 0 Å². The number of carbonyl (C=O) groups is 1. The number of hydrogen-bond acceptors (Lipinski definition) is 5. The summed E-state index contributed by atoms with van der Waals surface area (Å²) in [5.41, 5.74) is 1.74. The number of aryl methyl sites for hydroxylation is 1. The summed E-state index contributed by atoms with van der Waals surface area (Å²) < 4.78 is 9.68. The Morgan fingerprint density at radius 2 is 2.17 bits per heavy atom. The van der Waals surface area contributed by atoms with Crippen LogP contribution in [0.2, 0.25) is 0 Å². The first-order valence-electron chi connectivity index (χ1n) is 5.68. The number of methoxy groups -OCH3 is 2. The van der Waals surface area contributed by atoms with Crippen LogP contribution in [0.4, 0.5) is 0 Å². The Morgan fingerprint density at radius 1 is 1.44 bits per heavy atom. The van der Waals surface area contributed by atoms with Gasteiger partial charge >= 0.3 is 5.97 Å². The lowest BCUT2D eigenvalue weighted by Crippen LogP contribution is -2.28. The molecule has 1 rings (SSSR count). The third-order valence-corrected chi connectivity index (χ3v) is 2.58. The van der Waals surface area contributed by atoms with Crippen molar-refractivity contribution in [3.63, 3.8) is 0 Å². The number of ether oxygens (including phenoxy) is 2. The van der Waals surface area contributed by atoms with E-state index in [-0.39, 0.29) is 19.1 Å². The number of rotatable bonds is 6. The topological polar surface area (TPSA) is 67.8 Å². The van der Waals surface area contributed by atoms with Crippen LogP contribution in [0, 0.1) is 6.92 Å². The molecular formula is C13H19NO4. The maximum atomic E-state index is 10.9. The van der Waals surface area contributed by atoms with Crippen LogP contribution in [-0.2, 0) is 9.53 Å². The maximum Gasteiger partial charge on any atom is 0.319 e. The quantitative estimate of drug-likeness (QED) is 0.734. The lowest BCUT2D eigenvalue weighted by atomic mass is 10.1. The predicted molar refractivity (Wildman–Crippen MR) is 67.6 cm³/mol. The molecule has 0 aromatic heterocycles. The molecule has 0 saturated carbocycles. The fourth-order valence-electron chi connectivity index (χ4n) is 1.61. The first kappa shape index (κ1) is 14.5. The van der Waals surface area contributed by atoms with Gasteiger partial charge in [0.1, 0.15) is 5.75 Å². The number of aliphatic hydroxyl groups is 1. The van der Waals surface area contributed by atoms with Crippen molar-refractivity contribution in [3.05, 3.63) is 29.3 Å². The molecule has 1 unspecified atom stereocenters. The van der Waals surface area contributed by atoms with Crippen molar-refractivity contribution < 1.29 is 19.4 Å².